The molecule has 1 N–H and O–H groups in total. The Morgan fingerprint density at radius 3 is 2.68 bits per heavy atom. The molecule has 1 heterocycles. The number of halogens is 3. The second-order valence-electron chi connectivity index (χ2n) is 4.60. The molecule has 0 radical (unpaired) electrons. The maximum absolute atomic E-state index is 13.2. The molecule has 1 aromatic heterocycles. The quantitative estimate of drug-likeness (QED) is 0.778. The molecule has 0 saturated heterocycles. The van der Waals surface area contributed by atoms with Crippen LogP contribution < -0.4 is 5.56 Å². The average molecular weight is 319 g/mol. The van der Waals surface area contributed by atoms with Gasteiger partial charge in [-0.15, -0.1) is 0 Å². The van der Waals surface area contributed by atoms with Crippen LogP contribution in [0, 0.1) is 11.6 Å². The van der Waals surface area contributed by atoms with Gasteiger partial charge in [0.05, 0.1) is 15.9 Å². The first-order chi connectivity index (χ1) is 10.5. The van der Waals surface area contributed by atoms with Gasteiger partial charge in [-0.25, -0.2) is 13.8 Å². The first-order valence-electron chi connectivity index (χ1n) is 6.36. The summed E-state index contributed by atoms with van der Waals surface area (Å²) in [6.07, 6.45) is 1.40. The van der Waals surface area contributed by atoms with Gasteiger partial charge < -0.3 is 4.98 Å². The predicted molar refractivity (Wildman–Crippen MR) is 82.4 cm³/mol. The molecule has 0 saturated carbocycles. The predicted octanol–water partition coefficient (Wildman–Crippen LogP) is 3.94. The van der Waals surface area contributed by atoms with Gasteiger partial charge in [-0.1, -0.05) is 29.8 Å². The Morgan fingerprint density at radius 1 is 1.14 bits per heavy atom. The molecule has 0 spiro atoms. The number of rotatable bonds is 2. The van der Waals surface area contributed by atoms with Crippen molar-refractivity contribution < 1.29 is 8.78 Å². The molecule has 3 nitrogen and oxygen atoms in total. The summed E-state index contributed by atoms with van der Waals surface area (Å²) >= 11 is 6.12. The molecule has 0 atom stereocenters. The van der Waals surface area contributed by atoms with Crippen LogP contribution in [0.2, 0.25) is 0 Å². The van der Waals surface area contributed by atoms with Crippen molar-refractivity contribution in [2.45, 2.75) is 0 Å². The molecule has 0 unspecified atom stereocenters. The summed E-state index contributed by atoms with van der Waals surface area (Å²) in [5.41, 5.74) is 0.537. The van der Waals surface area contributed by atoms with Crippen molar-refractivity contribution in [1.82, 2.24) is 9.97 Å². The van der Waals surface area contributed by atoms with Crippen molar-refractivity contribution in [3.05, 3.63) is 75.8 Å². The first-order valence-corrected chi connectivity index (χ1v) is 6.74. The lowest BCUT2D eigenvalue weighted by atomic mass is 10.2. The van der Waals surface area contributed by atoms with Crippen LogP contribution in [0.4, 0.5) is 8.78 Å². The normalized spacial score (nSPS) is 11.9. The molecule has 3 aromatic rings. The number of nitrogens with one attached hydrogen (secondary N) is 1. The van der Waals surface area contributed by atoms with Gasteiger partial charge in [-0.3, -0.25) is 4.79 Å². The van der Waals surface area contributed by atoms with Gasteiger partial charge in [0.25, 0.3) is 5.56 Å². The number of H-pyrrole nitrogens is 1. The Bertz CT molecular complexity index is 950. The van der Waals surface area contributed by atoms with Crippen molar-refractivity contribution in [3.8, 4) is 0 Å². The monoisotopic (exact) mass is 318 g/mol. The fraction of sp³-hybridized carbons (Fsp3) is 0. The second-order valence-corrected chi connectivity index (χ2v) is 5.00. The molecular formula is C16H9ClF2N2O. The molecule has 0 bridgehead atoms. The maximum atomic E-state index is 13.2. The standard InChI is InChI=1S/C16H9ClF2N2O/c17-11(7-9-5-6-12(18)13(19)8-9)15-20-14-4-2-1-3-10(14)16(22)21-15/h1-8H,(H,20,21,22)/b11-7-. The highest BCUT2D eigenvalue weighted by Crippen LogP contribution is 2.20. The highest BCUT2D eigenvalue weighted by Gasteiger charge is 2.07. The van der Waals surface area contributed by atoms with E-state index < -0.39 is 11.6 Å². The summed E-state index contributed by atoms with van der Waals surface area (Å²) < 4.78 is 26.1. The van der Waals surface area contributed by atoms with Gasteiger partial charge in [0, 0.05) is 0 Å². The number of hydrogen-bond donors (Lipinski definition) is 1. The van der Waals surface area contributed by atoms with Crippen LogP contribution >= 0.6 is 11.6 Å². The number of nitrogens with zero attached hydrogens (tertiary/aromatic N) is 1. The van der Waals surface area contributed by atoms with Gasteiger partial charge in [0.1, 0.15) is 0 Å². The van der Waals surface area contributed by atoms with Crippen molar-refractivity contribution in [2.24, 2.45) is 0 Å². The summed E-state index contributed by atoms with van der Waals surface area (Å²) in [6, 6.07) is 10.2. The molecule has 0 aliphatic heterocycles. The number of aromatic nitrogens is 2. The van der Waals surface area contributed by atoms with Crippen molar-refractivity contribution in [3.63, 3.8) is 0 Å². The summed E-state index contributed by atoms with van der Waals surface area (Å²) in [6.45, 7) is 0. The highest BCUT2D eigenvalue weighted by molar-refractivity contribution is 6.50. The third-order valence-electron chi connectivity index (χ3n) is 3.08. The number of para-hydroxylation sites is 1. The van der Waals surface area contributed by atoms with E-state index in [0.717, 1.165) is 12.1 Å². The molecule has 0 aliphatic rings. The topological polar surface area (TPSA) is 45.8 Å². The fourth-order valence-electron chi connectivity index (χ4n) is 2.02. The largest absolute Gasteiger partial charge is 0.305 e. The van der Waals surface area contributed by atoms with E-state index in [1.54, 1.807) is 24.3 Å². The van der Waals surface area contributed by atoms with Crippen LogP contribution in [0.3, 0.4) is 0 Å². The van der Waals surface area contributed by atoms with E-state index in [1.807, 2.05) is 0 Å². The van der Waals surface area contributed by atoms with Crippen molar-refractivity contribution in [1.29, 1.82) is 0 Å². The van der Waals surface area contributed by atoms with Crippen LogP contribution in [-0.4, -0.2) is 9.97 Å². The summed E-state index contributed by atoms with van der Waals surface area (Å²) in [4.78, 5) is 18.8. The van der Waals surface area contributed by atoms with Crippen molar-refractivity contribution >= 4 is 33.6 Å². The zero-order chi connectivity index (χ0) is 15.7. The maximum Gasteiger partial charge on any atom is 0.259 e. The van der Waals surface area contributed by atoms with E-state index in [-0.39, 0.29) is 16.4 Å². The number of hydrogen-bond acceptors (Lipinski definition) is 2. The summed E-state index contributed by atoms with van der Waals surface area (Å²) in [7, 11) is 0. The highest BCUT2D eigenvalue weighted by atomic mass is 35.5. The third kappa shape index (κ3) is 2.76. The third-order valence-corrected chi connectivity index (χ3v) is 3.36. The number of fused-ring (bicyclic) bond motifs is 1. The van der Waals surface area contributed by atoms with Crippen LogP contribution in [0.1, 0.15) is 11.4 Å². The van der Waals surface area contributed by atoms with Gasteiger partial charge in [0.15, 0.2) is 17.5 Å². The first kappa shape index (κ1) is 14.4. The van der Waals surface area contributed by atoms with Gasteiger partial charge in [-0.05, 0) is 35.9 Å². The van der Waals surface area contributed by atoms with Gasteiger partial charge >= 0.3 is 0 Å². The van der Waals surface area contributed by atoms with E-state index in [9.17, 15) is 13.6 Å². The van der Waals surface area contributed by atoms with Crippen LogP contribution in [0.25, 0.3) is 22.0 Å². The molecule has 0 amide bonds. The van der Waals surface area contributed by atoms with Crippen LogP contribution in [0.5, 0.6) is 0 Å². The molecule has 0 fully saturated rings. The lowest BCUT2D eigenvalue weighted by molar-refractivity contribution is 0.508. The number of aromatic amines is 1. The minimum atomic E-state index is -0.974. The zero-order valence-corrected chi connectivity index (χ0v) is 11.9. The molecule has 22 heavy (non-hydrogen) atoms. The molecule has 6 heteroatoms. The molecule has 0 aliphatic carbocycles. The Labute approximate surface area is 128 Å². The second kappa shape index (κ2) is 5.69. The van der Waals surface area contributed by atoms with E-state index in [0.29, 0.717) is 16.5 Å². The lowest BCUT2D eigenvalue weighted by Gasteiger charge is -2.02. The zero-order valence-electron chi connectivity index (χ0n) is 11.1. The fourth-order valence-corrected chi connectivity index (χ4v) is 2.23. The SMILES string of the molecule is O=c1[nH]c(/C(Cl)=C/c2ccc(F)c(F)c2)nc2ccccc12. The van der Waals surface area contributed by atoms with E-state index in [2.05, 4.69) is 9.97 Å². The Hall–Kier alpha value is -2.53. The molecule has 2 aromatic carbocycles. The van der Waals surface area contributed by atoms with E-state index in [4.69, 9.17) is 11.6 Å². The lowest BCUT2D eigenvalue weighted by Crippen LogP contribution is -2.10. The van der Waals surface area contributed by atoms with Gasteiger partial charge in [-0.2, -0.15) is 0 Å². The molecule has 110 valence electrons. The smallest absolute Gasteiger partial charge is 0.259 e. The summed E-state index contributed by atoms with van der Waals surface area (Å²) in [5.74, 6) is -1.75. The van der Waals surface area contributed by atoms with E-state index >= 15 is 0 Å². The molecule has 3 rings (SSSR count). The average Bonchev–Trinajstić information content (AvgIpc) is 2.51. The minimum absolute atomic E-state index is 0.119. The van der Waals surface area contributed by atoms with E-state index in [1.165, 1.54) is 12.1 Å². The van der Waals surface area contributed by atoms with Crippen LogP contribution in [0.15, 0.2) is 47.3 Å². The Morgan fingerprint density at radius 2 is 1.91 bits per heavy atom. The van der Waals surface area contributed by atoms with Crippen LogP contribution in [-0.2, 0) is 0 Å². The van der Waals surface area contributed by atoms with Crippen molar-refractivity contribution in [2.75, 3.05) is 0 Å². The minimum Gasteiger partial charge on any atom is -0.305 e. The molecular weight excluding hydrogens is 310 g/mol. The Balaban J connectivity index is 2.08. The van der Waals surface area contributed by atoms with Gasteiger partial charge in [0.2, 0.25) is 0 Å². The number of benzene rings is 2. The summed E-state index contributed by atoms with van der Waals surface area (Å²) in [5, 5.41) is 0.567. The Kier molecular flexibility index (Phi) is 3.73.